The average molecular weight is 601 g/mol. The molecule has 0 aliphatic carbocycles. The number of nitrogens with zero attached hydrogens (tertiary/aromatic N) is 4. The lowest BCUT2D eigenvalue weighted by Gasteiger charge is -2.13. The number of para-hydroxylation sites is 3. The maximum Gasteiger partial charge on any atom is 0.145 e. The maximum atomic E-state index is 10.2. The Morgan fingerprint density at radius 2 is 1.21 bits per heavy atom. The van der Waals surface area contributed by atoms with E-state index in [-0.39, 0.29) is 0 Å². The molecule has 4 heterocycles. The fourth-order valence-corrected chi connectivity index (χ4v) is 7.32. The molecule has 10 aromatic rings. The first-order valence-corrected chi connectivity index (χ1v) is 15.6. The molecule has 0 N–H and O–H groups in total. The summed E-state index contributed by atoms with van der Waals surface area (Å²) in [6.45, 7) is 0. The highest BCUT2D eigenvalue weighted by Crippen LogP contribution is 2.39. The van der Waals surface area contributed by atoms with Crippen LogP contribution in [-0.4, -0.2) is 14.1 Å². The second kappa shape index (κ2) is 9.68. The molecule has 218 valence electrons. The Hall–Kier alpha value is -6.64. The van der Waals surface area contributed by atoms with Gasteiger partial charge in [0.05, 0.1) is 28.2 Å². The summed E-state index contributed by atoms with van der Waals surface area (Å²) in [6.07, 6.45) is 1.84. The Bertz CT molecular complexity index is 2880. The van der Waals surface area contributed by atoms with Crippen LogP contribution in [0, 0.1) is 11.3 Å². The summed E-state index contributed by atoms with van der Waals surface area (Å²) in [4.78, 5) is 4.85. The zero-order valence-electron chi connectivity index (χ0n) is 25.1. The van der Waals surface area contributed by atoms with Gasteiger partial charge in [0.25, 0.3) is 0 Å². The van der Waals surface area contributed by atoms with Crippen molar-refractivity contribution < 1.29 is 4.42 Å². The summed E-state index contributed by atoms with van der Waals surface area (Å²) < 4.78 is 10.8. The van der Waals surface area contributed by atoms with Crippen molar-refractivity contribution in [2.75, 3.05) is 0 Å². The molecule has 47 heavy (non-hydrogen) atoms. The number of hydrogen-bond donors (Lipinski definition) is 0. The van der Waals surface area contributed by atoms with Crippen LogP contribution in [0.3, 0.4) is 0 Å². The number of furan rings is 1. The quantitative estimate of drug-likeness (QED) is 0.203. The molecule has 0 aliphatic heterocycles. The second-order valence-electron chi connectivity index (χ2n) is 12.0. The van der Waals surface area contributed by atoms with Gasteiger partial charge in [-0.2, -0.15) is 5.26 Å². The van der Waals surface area contributed by atoms with Crippen molar-refractivity contribution in [3.05, 3.63) is 151 Å². The number of hydrogen-bond acceptors (Lipinski definition) is 3. The van der Waals surface area contributed by atoms with Crippen molar-refractivity contribution in [1.29, 1.82) is 5.26 Å². The van der Waals surface area contributed by atoms with E-state index in [1.165, 1.54) is 10.8 Å². The predicted octanol–water partition coefficient (Wildman–Crippen LogP) is 10.7. The van der Waals surface area contributed by atoms with E-state index in [4.69, 9.17) is 9.40 Å². The van der Waals surface area contributed by atoms with Crippen LogP contribution in [-0.2, 0) is 0 Å². The summed E-state index contributed by atoms with van der Waals surface area (Å²) in [5.74, 6) is 0. The van der Waals surface area contributed by atoms with E-state index in [9.17, 15) is 5.26 Å². The molecule has 0 saturated carbocycles. The largest absolute Gasteiger partial charge is 0.456 e. The third-order valence-corrected chi connectivity index (χ3v) is 9.35. The molecule has 0 fully saturated rings. The summed E-state index contributed by atoms with van der Waals surface area (Å²) >= 11 is 0. The van der Waals surface area contributed by atoms with E-state index in [0.717, 1.165) is 77.4 Å². The van der Waals surface area contributed by atoms with Gasteiger partial charge in [-0.25, -0.2) is 4.98 Å². The zero-order valence-corrected chi connectivity index (χ0v) is 25.1. The van der Waals surface area contributed by atoms with Gasteiger partial charge in [0.1, 0.15) is 16.8 Å². The van der Waals surface area contributed by atoms with Crippen LogP contribution in [0.5, 0.6) is 0 Å². The van der Waals surface area contributed by atoms with Crippen LogP contribution in [0.15, 0.2) is 150 Å². The van der Waals surface area contributed by atoms with Crippen molar-refractivity contribution in [2.45, 2.75) is 0 Å². The van der Waals surface area contributed by atoms with Crippen molar-refractivity contribution in [3.63, 3.8) is 0 Å². The molecule has 4 aromatic heterocycles. The summed E-state index contributed by atoms with van der Waals surface area (Å²) in [6, 6.07) is 50.6. The summed E-state index contributed by atoms with van der Waals surface area (Å²) in [7, 11) is 0. The fourth-order valence-electron chi connectivity index (χ4n) is 7.32. The van der Waals surface area contributed by atoms with Gasteiger partial charge in [-0.1, -0.05) is 66.7 Å². The number of aromatic nitrogens is 3. The molecule has 0 saturated heterocycles. The van der Waals surface area contributed by atoms with Gasteiger partial charge < -0.3 is 8.98 Å². The molecule has 0 bridgehead atoms. The smallest absolute Gasteiger partial charge is 0.145 e. The number of benzene rings is 6. The lowest BCUT2D eigenvalue weighted by atomic mass is 10.0. The highest BCUT2D eigenvalue weighted by Gasteiger charge is 2.18. The van der Waals surface area contributed by atoms with Crippen LogP contribution >= 0.6 is 0 Å². The summed E-state index contributed by atoms with van der Waals surface area (Å²) in [5, 5.41) is 16.9. The molecule has 0 unspecified atom stereocenters. The van der Waals surface area contributed by atoms with Crippen LogP contribution in [0.25, 0.3) is 88.2 Å². The van der Waals surface area contributed by atoms with Gasteiger partial charge in [0.2, 0.25) is 0 Å². The van der Waals surface area contributed by atoms with Crippen molar-refractivity contribution in [2.24, 2.45) is 0 Å². The van der Waals surface area contributed by atoms with Gasteiger partial charge in [-0.3, -0.25) is 4.57 Å². The molecule has 0 amide bonds. The number of fused-ring (bicyclic) bond motifs is 9. The van der Waals surface area contributed by atoms with Gasteiger partial charge in [0, 0.05) is 49.9 Å². The number of nitriles is 1. The average Bonchev–Trinajstić information content (AvgIpc) is 3.78. The van der Waals surface area contributed by atoms with Gasteiger partial charge in [-0.15, -0.1) is 0 Å². The van der Waals surface area contributed by atoms with E-state index < -0.39 is 0 Å². The van der Waals surface area contributed by atoms with Crippen LogP contribution in [0.2, 0.25) is 0 Å². The van der Waals surface area contributed by atoms with Crippen molar-refractivity contribution >= 4 is 65.7 Å². The molecule has 0 radical (unpaired) electrons. The minimum atomic E-state index is 0.609. The van der Waals surface area contributed by atoms with Crippen LogP contribution in [0.4, 0.5) is 0 Å². The Kier molecular flexibility index (Phi) is 5.28. The molecule has 10 rings (SSSR count). The third kappa shape index (κ3) is 3.73. The fraction of sp³-hybridized carbons (Fsp3) is 0. The number of rotatable bonds is 3. The minimum Gasteiger partial charge on any atom is -0.456 e. The van der Waals surface area contributed by atoms with Crippen LogP contribution < -0.4 is 0 Å². The standard InChI is InChI=1S/C42H24N4O/c43-25-26-19-28(22-30(20-26)45-37-15-4-1-11-31(37)32-12-2-5-16-38(32)45)27-9-7-10-29(21-27)46-39-23-36-33-13-3-6-17-40(33)47-41(36)24-35(39)34-14-8-18-44-42(34)46/h1-24H. The highest BCUT2D eigenvalue weighted by molar-refractivity contribution is 6.16. The normalized spacial score (nSPS) is 11.8. The van der Waals surface area contributed by atoms with E-state index in [0.29, 0.717) is 5.56 Å². The molecule has 0 atom stereocenters. The first-order valence-electron chi connectivity index (χ1n) is 15.6. The van der Waals surface area contributed by atoms with Crippen molar-refractivity contribution in [1.82, 2.24) is 14.1 Å². The third-order valence-electron chi connectivity index (χ3n) is 9.35. The number of pyridine rings is 1. The molecular weight excluding hydrogens is 576 g/mol. The van der Waals surface area contributed by atoms with Gasteiger partial charge in [-0.05, 0) is 83.9 Å². The molecule has 0 spiro atoms. The molecule has 5 nitrogen and oxygen atoms in total. The Morgan fingerprint density at radius 1 is 0.489 bits per heavy atom. The second-order valence-corrected chi connectivity index (χ2v) is 12.0. The minimum absolute atomic E-state index is 0.609. The lowest BCUT2D eigenvalue weighted by molar-refractivity contribution is 0.669. The van der Waals surface area contributed by atoms with E-state index in [1.54, 1.807) is 0 Å². The topological polar surface area (TPSA) is 59.7 Å². The first-order chi connectivity index (χ1) is 23.2. The van der Waals surface area contributed by atoms with Crippen molar-refractivity contribution in [3.8, 4) is 28.6 Å². The Labute approximate surface area is 268 Å². The summed E-state index contributed by atoms with van der Waals surface area (Å²) in [5.41, 5.74) is 10.4. The van der Waals surface area contributed by atoms with Gasteiger partial charge >= 0.3 is 0 Å². The SMILES string of the molecule is N#Cc1cc(-c2cccc(-n3c4cc5c(cc4c4cccnc43)oc3ccccc35)c2)cc(-n2c3ccccc3c3ccccc32)c1. The molecule has 0 aliphatic rings. The monoisotopic (exact) mass is 600 g/mol. The van der Waals surface area contributed by atoms with E-state index in [2.05, 4.69) is 118 Å². The molecule has 6 aromatic carbocycles. The highest BCUT2D eigenvalue weighted by atomic mass is 16.3. The first kappa shape index (κ1) is 25.7. The maximum absolute atomic E-state index is 10.2. The molecule has 5 heteroatoms. The van der Waals surface area contributed by atoms with E-state index >= 15 is 0 Å². The Morgan fingerprint density at radius 3 is 2.02 bits per heavy atom. The van der Waals surface area contributed by atoms with Gasteiger partial charge in [0.15, 0.2) is 0 Å². The van der Waals surface area contributed by atoms with Crippen LogP contribution in [0.1, 0.15) is 5.56 Å². The molecular formula is C42H24N4O. The zero-order chi connectivity index (χ0) is 31.1. The Balaban J connectivity index is 1.20. The van der Waals surface area contributed by atoms with E-state index in [1.807, 2.05) is 42.6 Å². The predicted molar refractivity (Wildman–Crippen MR) is 190 cm³/mol. The lowest BCUT2D eigenvalue weighted by Crippen LogP contribution is -1.97.